The molecule has 2 aromatic rings. The van der Waals surface area contributed by atoms with Crippen molar-refractivity contribution in [2.45, 2.75) is 13.0 Å². The zero-order valence-electron chi connectivity index (χ0n) is 15.8. The molecule has 1 aliphatic heterocycles. The molecule has 1 atom stereocenters. The highest BCUT2D eigenvalue weighted by molar-refractivity contribution is 6.05. The molecule has 1 unspecified atom stereocenters. The van der Waals surface area contributed by atoms with Gasteiger partial charge in [-0.25, -0.2) is 9.59 Å². The summed E-state index contributed by atoms with van der Waals surface area (Å²) in [5, 5.41) is 11.8. The summed E-state index contributed by atoms with van der Waals surface area (Å²) in [5.74, 6) is -2.73. The van der Waals surface area contributed by atoms with Crippen LogP contribution in [0.4, 0.5) is 5.69 Å². The number of esters is 1. The van der Waals surface area contributed by atoms with E-state index in [0.29, 0.717) is 11.3 Å². The molecule has 0 bridgehead atoms. The second kappa shape index (κ2) is 8.55. The summed E-state index contributed by atoms with van der Waals surface area (Å²) in [4.78, 5) is 49.4. The van der Waals surface area contributed by atoms with Gasteiger partial charge >= 0.3 is 11.9 Å². The molecule has 0 spiro atoms. The fourth-order valence-electron chi connectivity index (χ4n) is 3.26. The highest BCUT2D eigenvalue weighted by Crippen LogP contribution is 2.28. The predicted octanol–water partition coefficient (Wildman–Crippen LogP) is 1.84. The molecule has 2 N–H and O–H groups in total. The molecule has 0 aliphatic carbocycles. The normalized spacial score (nSPS) is 15.8. The SMILES string of the molecule is COC(=O)c1ccccc1N1CC(C(=O)NCc2cccc(C(=O)O)c2)CC1=O. The number of nitrogens with zero attached hydrogens (tertiary/aromatic N) is 1. The van der Waals surface area contributed by atoms with Crippen molar-refractivity contribution >= 4 is 29.4 Å². The van der Waals surface area contributed by atoms with Gasteiger partial charge in [-0.1, -0.05) is 24.3 Å². The molecular formula is C21H20N2O6. The highest BCUT2D eigenvalue weighted by atomic mass is 16.5. The molecule has 3 rings (SSSR count). The lowest BCUT2D eigenvalue weighted by molar-refractivity contribution is -0.126. The smallest absolute Gasteiger partial charge is 0.339 e. The van der Waals surface area contributed by atoms with E-state index in [9.17, 15) is 19.2 Å². The van der Waals surface area contributed by atoms with Gasteiger partial charge in [0.2, 0.25) is 11.8 Å². The number of carboxylic acid groups (broad SMARTS) is 1. The lowest BCUT2D eigenvalue weighted by Crippen LogP contribution is -2.33. The zero-order valence-corrected chi connectivity index (χ0v) is 15.8. The number of carbonyl (C=O) groups excluding carboxylic acids is 3. The Labute approximate surface area is 167 Å². The Balaban J connectivity index is 1.68. The third-order valence-electron chi connectivity index (χ3n) is 4.74. The van der Waals surface area contributed by atoms with Gasteiger partial charge in [0.1, 0.15) is 0 Å². The first-order valence-electron chi connectivity index (χ1n) is 8.98. The zero-order chi connectivity index (χ0) is 21.0. The number of carbonyl (C=O) groups is 4. The molecule has 1 aliphatic rings. The van der Waals surface area contributed by atoms with Crippen LogP contribution in [0.3, 0.4) is 0 Å². The number of amides is 2. The van der Waals surface area contributed by atoms with Gasteiger partial charge in [0, 0.05) is 19.5 Å². The van der Waals surface area contributed by atoms with Crippen LogP contribution in [0.1, 0.15) is 32.7 Å². The summed E-state index contributed by atoms with van der Waals surface area (Å²) < 4.78 is 4.76. The Morgan fingerprint density at radius 3 is 2.66 bits per heavy atom. The predicted molar refractivity (Wildman–Crippen MR) is 103 cm³/mol. The fraction of sp³-hybridized carbons (Fsp3) is 0.238. The Morgan fingerprint density at radius 2 is 1.93 bits per heavy atom. The maximum atomic E-state index is 12.5. The van der Waals surface area contributed by atoms with E-state index in [-0.39, 0.29) is 42.5 Å². The second-order valence-corrected chi connectivity index (χ2v) is 6.64. The summed E-state index contributed by atoms with van der Waals surface area (Å²) in [6, 6.07) is 12.9. The third kappa shape index (κ3) is 4.43. The topological polar surface area (TPSA) is 113 Å². The van der Waals surface area contributed by atoms with Gasteiger partial charge in [0.15, 0.2) is 0 Å². The first kappa shape index (κ1) is 20.1. The number of hydrogen-bond donors (Lipinski definition) is 2. The molecule has 8 heteroatoms. The van der Waals surface area contributed by atoms with E-state index in [2.05, 4.69) is 5.32 Å². The molecule has 150 valence electrons. The van der Waals surface area contributed by atoms with Crippen LogP contribution in [-0.4, -0.2) is 42.5 Å². The van der Waals surface area contributed by atoms with Crippen molar-refractivity contribution in [2.75, 3.05) is 18.6 Å². The molecule has 1 heterocycles. The van der Waals surface area contributed by atoms with E-state index < -0.39 is 17.9 Å². The van der Waals surface area contributed by atoms with Crippen molar-refractivity contribution in [3.8, 4) is 0 Å². The minimum Gasteiger partial charge on any atom is -0.478 e. The summed E-state index contributed by atoms with van der Waals surface area (Å²) in [7, 11) is 1.26. The Bertz CT molecular complexity index is 971. The van der Waals surface area contributed by atoms with E-state index in [0.717, 1.165) is 0 Å². The number of carboxylic acids is 1. The van der Waals surface area contributed by atoms with Crippen LogP contribution in [-0.2, 0) is 20.9 Å². The van der Waals surface area contributed by atoms with Gasteiger partial charge in [0.25, 0.3) is 0 Å². The van der Waals surface area contributed by atoms with E-state index >= 15 is 0 Å². The fourth-order valence-corrected chi connectivity index (χ4v) is 3.26. The van der Waals surface area contributed by atoms with Gasteiger partial charge in [0.05, 0.1) is 29.8 Å². The van der Waals surface area contributed by atoms with Crippen molar-refractivity contribution in [3.05, 3.63) is 65.2 Å². The first-order chi connectivity index (χ1) is 13.9. The van der Waals surface area contributed by atoms with Crippen molar-refractivity contribution < 1.29 is 29.0 Å². The van der Waals surface area contributed by atoms with Crippen molar-refractivity contribution in [1.82, 2.24) is 5.32 Å². The summed E-state index contributed by atoms with van der Waals surface area (Å²) >= 11 is 0. The average Bonchev–Trinajstić information content (AvgIpc) is 3.13. The number of ether oxygens (including phenoxy) is 1. The molecule has 8 nitrogen and oxygen atoms in total. The van der Waals surface area contributed by atoms with Crippen LogP contribution < -0.4 is 10.2 Å². The molecular weight excluding hydrogens is 376 g/mol. The summed E-state index contributed by atoms with van der Waals surface area (Å²) in [6.45, 7) is 0.303. The Morgan fingerprint density at radius 1 is 1.17 bits per heavy atom. The average molecular weight is 396 g/mol. The van der Waals surface area contributed by atoms with Gasteiger partial charge in [-0.05, 0) is 29.8 Å². The molecule has 0 saturated carbocycles. The van der Waals surface area contributed by atoms with Crippen LogP contribution in [0.2, 0.25) is 0 Å². The number of aromatic carboxylic acids is 1. The number of para-hydroxylation sites is 1. The maximum Gasteiger partial charge on any atom is 0.339 e. The van der Waals surface area contributed by atoms with Gasteiger partial charge < -0.3 is 20.1 Å². The van der Waals surface area contributed by atoms with E-state index in [1.54, 1.807) is 36.4 Å². The lowest BCUT2D eigenvalue weighted by Gasteiger charge is -2.19. The van der Waals surface area contributed by atoms with Crippen LogP contribution in [0.5, 0.6) is 0 Å². The summed E-state index contributed by atoms with van der Waals surface area (Å²) in [5.41, 5.74) is 1.46. The third-order valence-corrected chi connectivity index (χ3v) is 4.74. The van der Waals surface area contributed by atoms with E-state index in [4.69, 9.17) is 9.84 Å². The molecule has 29 heavy (non-hydrogen) atoms. The molecule has 2 amide bonds. The molecule has 0 radical (unpaired) electrons. The Hall–Kier alpha value is -3.68. The minimum absolute atomic E-state index is 0.0243. The van der Waals surface area contributed by atoms with Crippen molar-refractivity contribution in [1.29, 1.82) is 0 Å². The molecule has 1 saturated heterocycles. The van der Waals surface area contributed by atoms with Crippen molar-refractivity contribution in [3.63, 3.8) is 0 Å². The second-order valence-electron chi connectivity index (χ2n) is 6.64. The number of anilines is 1. The monoisotopic (exact) mass is 396 g/mol. The molecule has 1 fully saturated rings. The number of rotatable bonds is 6. The standard InChI is InChI=1S/C21H20N2O6/c1-29-21(28)16-7-2-3-8-17(16)23-12-15(10-18(23)24)19(25)22-11-13-5-4-6-14(9-13)20(26)27/h2-9,15H,10-12H2,1H3,(H,22,25)(H,26,27). The quantitative estimate of drug-likeness (QED) is 0.721. The number of nitrogens with one attached hydrogen (secondary N) is 1. The van der Waals surface area contributed by atoms with Crippen LogP contribution in [0, 0.1) is 5.92 Å². The van der Waals surface area contributed by atoms with E-state index in [1.165, 1.54) is 24.1 Å². The van der Waals surface area contributed by atoms with Crippen LogP contribution in [0.25, 0.3) is 0 Å². The van der Waals surface area contributed by atoms with Gasteiger partial charge in [-0.15, -0.1) is 0 Å². The first-order valence-corrected chi connectivity index (χ1v) is 8.98. The van der Waals surface area contributed by atoms with Gasteiger partial charge in [-0.2, -0.15) is 0 Å². The number of hydrogen-bond acceptors (Lipinski definition) is 5. The maximum absolute atomic E-state index is 12.5. The number of benzene rings is 2. The van der Waals surface area contributed by atoms with Crippen LogP contribution in [0.15, 0.2) is 48.5 Å². The molecule has 0 aromatic heterocycles. The van der Waals surface area contributed by atoms with Crippen LogP contribution >= 0.6 is 0 Å². The van der Waals surface area contributed by atoms with Crippen molar-refractivity contribution in [2.24, 2.45) is 5.92 Å². The number of methoxy groups -OCH3 is 1. The summed E-state index contributed by atoms with van der Waals surface area (Å²) in [6.07, 6.45) is 0.0243. The van der Waals surface area contributed by atoms with E-state index in [1.807, 2.05) is 0 Å². The highest BCUT2D eigenvalue weighted by Gasteiger charge is 2.36. The largest absolute Gasteiger partial charge is 0.478 e. The lowest BCUT2D eigenvalue weighted by atomic mass is 10.1. The Kier molecular flexibility index (Phi) is 5.92. The molecule has 2 aromatic carbocycles. The van der Waals surface area contributed by atoms with Gasteiger partial charge in [-0.3, -0.25) is 9.59 Å². The minimum atomic E-state index is -1.04.